The number of carbonyl (C=O) groups is 1. The summed E-state index contributed by atoms with van der Waals surface area (Å²) in [5, 5.41) is 3.39. The van der Waals surface area contributed by atoms with Gasteiger partial charge in [-0.05, 0) is 36.5 Å². The van der Waals surface area contributed by atoms with Gasteiger partial charge in [0, 0.05) is 34.1 Å². The summed E-state index contributed by atoms with van der Waals surface area (Å²) in [7, 11) is 0. The first-order valence-corrected chi connectivity index (χ1v) is 14.4. The number of hydrogen-bond acceptors (Lipinski definition) is 7. The molecule has 0 radical (unpaired) electrons. The average molecular weight is 585 g/mol. The molecule has 0 saturated carbocycles. The predicted molar refractivity (Wildman–Crippen MR) is 163 cm³/mol. The van der Waals surface area contributed by atoms with Crippen LogP contribution in [-0.2, 0) is 43.1 Å². The minimum Gasteiger partial charge on any atom is -0.463 e. The maximum Gasteiger partial charge on any atom is 0.311 e. The highest BCUT2D eigenvalue weighted by Crippen LogP contribution is 2.43. The number of esters is 1. The van der Waals surface area contributed by atoms with Crippen molar-refractivity contribution in [2.24, 2.45) is 10.6 Å². The van der Waals surface area contributed by atoms with Crippen LogP contribution in [0.4, 0.5) is 0 Å². The standard InChI is InChI=1S/C32H41ClN2O6/c1-4-5-6-7-8-9-27-29-23-32(2,3)24-35(29)28(31(27)25-10-12-26(33)13-11-25)22-30(36)41-21-20-40-19-18-39-17-16-38-15-14-34-37/h4-13H,14-24H2,1-3H3/b5-4-,7-6-,9-8+. The Labute approximate surface area is 247 Å². The van der Waals surface area contributed by atoms with Gasteiger partial charge in [-0.1, -0.05) is 79.2 Å². The Hall–Kier alpha value is -3.04. The number of allylic oxidation sites excluding steroid dienone is 5. The van der Waals surface area contributed by atoms with E-state index in [1.165, 1.54) is 5.69 Å². The predicted octanol–water partition coefficient (Wildman–Crippen LogP) is 6.44. The molecule has 0 saturated heterocycles. The highest BCUT2D eigenvalue weighted by Gasteiger charge is 2.35. The van der Waals surface area contributed by atoms with E-state index in [4.69, 9.17) is 30.5 Å². The second-order valence-corrected chi connectivity index (χ2v) is 10.9. The number of carbonyl (C=O) groups excluding carboxylic acids is 1. The SMILES string of the molecule is C\C=C/C=C\C=C\c1c(-c2ccc(Cl)cc2)c(CC(=O)OCCOCCOCCOCCN=O)n2c1CC(C)(C)C2. The second-order valence-electron chi connectivity index (χ2n) is 10.5. The molecule has 9 heteroatoms. The number of rotatable bonds is 18. The zero-order chi connectivity index (χ0) is 29.5. The molecule has 1 aliphatic rings. The van der Waals surface area contributed by atoms with Gasteiger partial charge in [0.25, 0.3) is 0 Å². The number of benzene rings is 1. The Morgan fingerprint density at radius 3 is 2.24 bits per heavy atom. The Morgan fingerprint density at radius 1 is 0.951 bits per heavy atom. The first kappa shape index (κ1) is 32.5. The molecular weight excluding hydrogens is 544 g/mol. The monoisotopic (exact) mass is 584 g/mol. The highest BCUT2D eigenvalue weighted by atomic mass is 35.5. The van der Waals surface area contributed by atoms with Crippen LogP contribution in [0.2, 0.25) is 5.02 Å². The van der Waals surface area contributed by atoms with Crippen molar-refractivity contribution in [1.82, 2.24) is 4.57 Å². The summed E-state index contributed by atoms with van der Waals surface area (Å²) in [4.78, 5) is 23.0. The van der Waals surface area contributed by atoms with Crippen LogP contribution < -0.4 is 0 Å². The minimum absolute atomic E-state index is 0.0879. The fourth-order valence-electron chi connectivity index (χ4n) is 4.80. The fourth-order valence-corrected chi connectivity index (χ4v) is 4.93. The van der Waals surface area contributed by atoms with Crippen molar-refractivity contribution in [2.45, 2.75) is 40.2 Å². The molecule has 41 heavy (non-hydrogen) atoms. The fraction of sp³-hybridized carbons (Fsp3) is 0.469. The summed E-state index contributed by atoms with van der Waals surface area (Å²) in [6.45, 7) is 9.80. The first-order chi connectivity index (χ1) is 19.9. The van der Waals surface area contributed by atoms with E-state index in [-0.39, 0.29) is 37.6 Å². The number of hydrogen-bond donors (Lipinski definition) is 0. The Bertz CT molecular complexity index is 1210. The molecule has 0 spiro atoms. The van der Waals surface area contributed by atoms with Crippen molar-refractivity contribution in [3.8, 4) is 11.1 Å². The molecule has 2 aromatic rings. The molecule has 0 N–H and O–H groups in total. The Kier molecular flexibility index (Phi) is 13.5. The maximum absolute atomic E-state index is 13.0. The van der Waals surface area contributed by atoms with Gasteiger partial charge in [0.15, 0.2) is 0 Å². The third-order valence-electron chi connectivity index (χ3n) is 6.55. The van der Waals surface area contributed by atoms with Crippen molar-refractivity contribution in [1.29, 1.82) is 0 Å². The molecule has 0 aliphatic carbocycles. The molecule has 0 fully saturated rings. The van der Waals surface area contributed by atoms with Crippen LogP contribution in [0.3, 0.4) is 0 Å². The van der Waals surface area contributed by atoms with Crippen LogP contribution >= 0.6 is 11.6 Å². The lowest BCUT2D eigenvalue weighted by atomic mass is 9.88. The third kappa shape index (κ3) is 10.4. The van der Waals surface area contributed by atoms with Crippen LogP contribution in [0.5, 0.6) is 0 Å². The lowest BCUT2D eigenvalue weighted by Gasteiger charge is -2.18. The number of fused-ring (bicyclic) bond motifs is 1. The zero-order valence-electron chi connectivity index (χ0n) is 24.3. The normalized spacial score (nSPS) is 14.4. The summed E-state index contributed by atoms with van der Waals surface area (Å²) in [5.74, 6) is -0.296. The lowest BCUT2D eigenvalue weighted by molar-refractivity contribution is -0.144. The Morgan fingerprint density at radius 2 is 1.59 bits per heavy atom. The molecule has 1 aromatic heterocycles. The van der Waals surface area contributed by atoms with Crippen molar-refractivity contribution < 1.29 is 23.7 Å². The summed E-state index contributed by atoms with van der Waals surface area (Å²) in [6, 6.07) is 7.77. The molecule has 1 aromatic carbocycles. The van der Waals surface area contributed by atoms with Gasteiger partial charge < -0.3 is 23.5 Å². The van der Waals surface area contributed by atoms with E-state index in [1.807, 2.05) is 61.6 Å². The average Bonchev–Trinajstić information content (AvgIpc) is 3.40. The van der Waals surface area contributed by atoms with Gasteiger partial charge in [-0.3, -0.25) is 4.79 Å². The van der Waals surface area contributed by atoms with Crippen molar-refractivity contribution >= 4 is 23.6 Å². The number of nitrogens with zero attached hydrogens (tertiary/aromatic N) is 2. The van der Waals surface area contributed by atoms with E-state index in [2.05, 4.69) is 29.7 Å². The van der Waals surface area contributed by atoms with E-state index in [0.29, 0.717) is 38.1 Å². The van der Waals surface area contributed by atoms with E-state index in [1.54, 1.807) is 0 Å². The van der Waals surface area contributed by atoms with Gasteiger partial charge >= 0.3 is 5.97 Å². The third-order valence-corrected chi connectivity index (χ3v) is 6.80. The number of nitroso groups, excluding NO2 is 1. The molecule has 0 amide bonds. The van der Waals surface area contributed by atoms with Crippen LogP contribution in [0.25, 0.3) is 17.2 Å². The van der Waals surface area contributed by atoms with Gasteiger partial charge in [0.1, 0.15) is 13.2 Å². The van der Waals surface area contributed by atoms with Gasteiger partial charge in [-0.15, -0.1) is 0 Å². The summed E-state index contributed by atoms with van der Waals surface area (Å²) in [5.41, 5.74) is 5.45. The molecule has 8 nitrogen and oxygen atoms in total. The van der Waals surface area contributed by atoms with Gasteiger partial charge in [0.05, 0.1) is 46.1 Å². The van der Waals surface area contributed by atoms with E-state index >= 15 is 0 Å². The topological polar surface area (TPSA) is 88.4 Å². The van der Waals surface area contributed by atoms with E-state index < -0.39 is 0 Å². The number of aromatic nitrogens is 1. The highest BCUT2D eigenvalue weighted by molar-refractivity contribution is 6.30. The molecule has 0 unspecified atom stereocenters. The zero-order valence-corrected chi connectivity index (χ0v) is 25.0. The lowest BCUT2D eigenvalue weighted by Crippen LogP contribution is -2.18. The van der Waals surface area contributed by atoms with Crippen molar-refractivity contribution in [3.05, 3.63) is 81.5 Å². The first-order valence-electron chi connectivity index (χ1n) is 14.0. The van der Waals surface area contributed by atoms with E-state index in [9.17, 15) is 9.70 Å². The van der Waals surface area contributed by atoms with Crippen LogP contribution in [-0.4, -0.2) is 63.3 Å². The van der Waals surface area contributed by atoms with Crippen LogP contribution in [0, 0.1) is 10.3 Å². The quantitative estimate of drug-likeness (QED) is 0.0867. The largest absolute Gasteiger partial charge is 0.463 e. The van der Waals surface area contributed by atoms with Gasteiger partial charge in [-0.25, -0.2) is 0 Å². The smallest absolute Gasteiger partial charge is 0.311 e. The van der Waals surface area contributed by atoms with Gasteiger partial charge in [0.2, 0.25) is 0 Å². The molecule has 2 heterocycles. The molecule has 1 aliphatic heterocycles. The second kappa shape index (κ2) is 17.0. The molecule has 222 valence electrons. The summed E-state index contributed by atoms with van der Waals surface area (Å²) >= 11 is 6.20. The van der Waals surface area contributed by atoms with Crippen LogP contribution in [0.1, 0.15) is 37.7 Å². The minimum atomic E-state index is -0.296. The summed E-state index contributed by atoms with van der Waals surface area (Å²) < 4.78 is 24.0. The summed E-state index contributed by atoms with van der Waals surface area (Å²) in [6.07, 6.45) is 13.2. The molecular formula is C32H41ClN2O6. The van der Waals surface area contributed by atoms with Crippen molar-refractivity contribution in [3.63, 3.8) is 0 Å². The molecule has 0 atom stereocenters. The van der Waals surface area contributed by atoms with E-state index in [0.717, 1.165) is 35.3 Å². The number of ether oxygens (including phenoxy) is 4. The molecule has 3 rings (SSSR count). The number of halogens is 1. The van der Waals surface area contributed by atoms with Crippen LogP contribution in [0.15, 0.2) is 59.8 Å². The molecule has 0 bridgehead atoms. The maximum atomic E-state index is 13.0. The van der Waals surface area contributed by atoms with Crippen molar-refractivity contribution in [2.75, 3.05) is 52.8 Å². The van der Waals surface area contributed by atoms with Gasteiger partial charge in [-0.2, -0.15) is 4.91 Å². The Balaban J connectivity index is 1.64.